The number of nitrogens with zero attached hydrogens (tertiary/aromatic N) is 4. The first-order valence-corrected chi connectivity index (χ1v) is 25.5. The molecule has 0 radical (unpaired) electrons. The lowest BCUT2D eigenvalue weighted by Crippen LogP contribution is -2.45. The third-order valence-corrected chi connectivity index (χ3v) is 24.1. The van der Waals surface area contributed by atoms with Crippen LogP contribution in [0.1, 0.15) is 111 Å². The molecule has 2 aliphatic carbocycles. The monoisotopic (exact) mass is 758 g/mol. The first-order chi connectivity index (χ1) is 24.4. The van der Waals surface area contributed by atoms with Crippen LogP contribution in [0.5, 0.6) is 0 Å². The summed E-state index contributed by atoms with van der Waals surface area (Å²) in [5, 5.41) is 3.09. The average Bonchev–Trinajstić information content (AvgIpc) is 3.92. The van der Waals surface area contributed by atoms with Crippen molar-refractivity contribution < 1.29 is 18.9 Å². The van der Waals surface area contributed by atoms with Gasteiger partial charge in [-0.2, -0.15) is 0 Å². The number of allylic oxidation sites excluding steroid dienone is 1. The van der Waals surface area contributed by atoms with Gasteiger partial charge in [0.1, 0.15) is 11.3 Å². The van der Waals surface area contributed by atoms with Gasteiger partial charge in [-0.1, -0.05) is 81.2 Å². The molecule has 0 aromatic carbocycles. The van der Waals surface area contributed by atoms with E-state index >= 15 is 0 Å². The number of rotatable bonds is 4. The first kappa shape index (κ1) is 40.1. The van der Waals surface area contributed by atoms with E-state index in [1.807, 2.05) is 6.20 Å². The average molecular weight is 759 g/mol. The first-order valence-electron chi connectivity index (χ1n) is 19.6. The zero-order valence-corrected chi connectivity index (χ0v) is 35.5. The standard InChI is InChI=1S/C21H32N2O2Si.C21H30N2O2Si.CH4/c2*1-20(2,3)26(4,5)23-11-8-17-14-18(15-22-19(17)23)16-6-9-21(10-7-16)24-12-13-25-21;/h8,11,14-16H,6-7,9-10,12-13H2,1-5H3;6,8,11,14-15H,7,9-10,12-13H2,1-5H3;1H4. The van der Waals surface area contributed by atoms with Crippen LogP contribution in [0.25, 0.3) is 27.6 Å². The summed E-state index contributed by atoms with van der Waals surface area (Å²) >= 11 is 0. The third kappa shape index (κ3) is 7.53. The Labute approximate surface area is 320 Å². The van der Waals surface area contributed by atoms with Crippen LogP contribution in [0, 0.1) is 0 Å². The van der Waals surface area contributed by atoms with Gasteiger partial charge in [-0.15, -0.1) is 0 Å². The minimum atomic E-state index is -1.67. The van der Waals surface area contributed by atoms with E-state index < -0.39 is 16.5 Å². The molecule has 53 heavy (non-hydrogen) atoms. The molecular weight excluding hydrogens is 693 g/mol. The minimum absolute atomic E-state index is 0. The Bertz CT molecular complexity index is 1920. The Morgan fingerprint density at radius 2 is 1.17 bits per heavy atom. The molecule has 2 spiro atoms. The van der Waals surface area contributed by atoms with Gasteiger partial charge in [-0.25, -0.2) is 9.97 Å². The van der Waals surface area contributed by atoms with Crippen LogP contribution < -0.4 is 0 Å². The summed E-state index contributed by atoms with van der Waals surface area (Å²) in [6, 6.07) is 9.14. The molecule has 0 unspecified atom stereocenters. The molecular formula is C43H66N4O4Si2. The van der Waals surface area contributed by atoms with Gasteiger partial charge in [0.25, 0.3) is 0 Å². The van der Waals surface area contributed by atoms with Crippen molar-refractivity contribution in [3.8, 4) is 0 Å². The summed E-state index contributed by atoms with van der Waals surface area (Å²) in [5.41, 5.74) is 6.24. The van der Waals surface area contributed by atoms with E-state index in [1.165, 1.54) is 27.5 Å². The summed E-state index contributed by atoms with van der Waals surface area (Å²) in [5.74, 6) is -0.0617. The van der Waals surface area contributed by atoms with Crippen molar-refractivity contribution in [2.24, 2.45) is 0 Å². The lowest BCUT2D eigenvalue weighted by molar-refractivity contribution is -0.178. The highest BCUT2D eigenvalue weighted by atomic mass is 28.3. The molecule has 8 rings (SSSR count). The Hall–Kier alpha value is -2.61. The Balaban J connectivity index is 0.000000178. The highest BCUT2D eigenvalue weighted by Gasteiger charge is 2.42. The number of aromatic nitrogens is 4. The van der Waals surface area contributed by atoms with Gasteiger partial charge in [0.15, 0.2) is 28.0 Å². The molecule has 1 saturated carbocycles. The van der Waals surface area contributed by atoms with Gasteiger partial charge < -0.3 is 27.4 Å². The second-order valence-corrected chi connectivity index (χ2v) is 28.9. The summed E-state index contributed by atoms with van der Waals surface area (Å²) in [7, 11) is -3.32. The lowest BCUT2D eigenvalue weighted by atomic mass is 9.81. The van der Waals surface area contributed by atoms with E-state index in [9.17, 15) is 0 Å². The van der Waals surface area contributed by atoms with Crippen LogP contribution >= 0.6 is 0 Å². The normalized spacial score (nSPS) is 20.8. The van der Waals surface area contributed by atoms with Gasteiger partial charge in [-0.3, -0.25) is 0 Å². The smallest absolute Gasteiger partial charge is 0.172 e. The molecule has 3 fully saturated rings. The molecule has 10 heteroatoms. The fourth-order valence-corrected chi connectivity index (χ4v) is 11.9. The minimum Gasteiger partial charge on any atom is -0.359 e. The van der Waals surface area contributed by atoms with Crippen molar-refractivity contribution in [1.82, 2.24) is 18.4 Å². The van der Waals surface area contributed by atoms with E-state index in [4.69, 9.17) is 28.9 Å². The van der Waals surface area contributed by atoms with Crippen molar-refractivity contribution >= 4 is 44.1 Å². The zero-order chi connectivity index (χ0) is 37.2. The van der Waals surface area contributed by atoms with Crippen LogP contribution in [-0.2, 0) is 18.9 Å². The molecule has 6 heterocycles. The molecule has 0 bridgehead atoms. The highest BCUT2D eigenvalue weighted by molar-refractivity contribution is 6.79. The van der Waals surface area contributed by atoms with E-state index in [2.05, 4.69) is 125 Å². The number of hydrogen-bond donors (Lipinski definition) is 0. The van der Waals surface area contributed by atoms with Crippen LogP contribution in [0.2, 0.25) is 36.3 Å². The largest absolute Gasteiger partial charge is 0.359 e. The number of hydrogen-bond acceptors (Lipinski definition) is 6. The molecule has 2 aliphatic heterocycles. The maximum absolute atomic E-state index is 5.87. The molecule has 4 aromatic rings. The van der Waals surface area contributed by atoms with E-state index in [0.717, 1.165) is 82.7 Å². The predicted molar refractivity (Wildman–Crippen MR) is 224 cm³/mol. The Morgan fingerprint density at radius 1 is 0.679 bits per heavy atom. The molecule has 2 saturated heterocycles. The summed E-state index contributed by atoms with van der Waals surface area (Å²) in [6.07, 6.45) is 17.9. The molecule has 0 amide bonds. The van der Waals surface area contributed by atoms with E-state index in [0.29, 0.717) is 5.92 Å². The summed E-state index contributed by atoms with van der Waals surface area (Å²) < 4.78 is 28.3. The molecule has 0 atom stereocenters. The fourth-order valence-electron chi connectivity index (χ4n) is 8.09. The molecule has 8 nitrogen and oxygen atoms in total. The van der Waals surface area contributed by atoms with E-state index in [1.54, 1.807) is 0 Å². The summed E-state index contributed by atoms with van der Waals surface area (Å²) in [6.45, 7) is 26.7. The van der Waals surface area contributed by atoms with Crippen molar-refractivity contribution in [2.45, 2.75) is 148 Å². The van der Waals surface area contributed by atoms with Crippen molar-refractivity contribution in [3.05, 3.63) is 66.3 Å². The van der Waals surface area contributed by atoms with Crippen LogP contribution in [0.4, 0.5) is 0 Å². The second kappa shape index (κ2) is 14.5. The van der Waals surface area contributed by atoms with Gasteiger partial charge in [0.2, 0.25) is 0 Å². The quantitative estimate of drug-likeness (QED) is 0.193. The van der Waals surface area contributed by atoms with Crippen LogP contribution in [0.15, 0.2) is 55.1 Å². The maximum Gasteiger partial charge on any atom is 0.172 e. The molecule has 290 valence electrons. The maximum atomic E-state index is 5.87. The van der Waals surface area contributed by atoms with E-state index in [-0.39, 0.29) is 29.1 Å². The van der Waals surface area contributed by atoms with Gasteiger partial charge in [0, 0.05) is 48.8 Å². The SMILES string of the molecule is C.CC(C)(C)[Si](C)(C)n1ccc2cc(C3=CCC4(CC3)OCCO4)cnc21.CC(C)(C)[Si](C)(C)n1ccc2cc(C3CCC4(CC3)OCCO4)cnc21. The fraction of sp³-hybridized carbons (Fsp3) is 0.628. The van der Waals surface area contributed by atoms with Gasteiger partial charge >= 0.3 is 0 Å². The van der Waals surface area contributed by atoms with Gasteiger partial charge in [0.05, 0.1) is 26.4 Å². The molecule has 4 aromatic heterocycles. The van der Waals surface area contributed by atoms with Crippen LogP contribution in [0.3, 0.4) is 0 Å². The third-order valence-electron chi connectivity index (χ3n) is 13.6. The van der Waals surface area contributed by atoms with Crippen molar-refractivity contribution in [1.29, 1.82) is 0 Å². The zero-order valence-electron chi connectivity index (χ0n) is 33.5. The van der Waals surface area contributed by atoms with Crippen molar-refractivity contribution in [3.63, 3.8) is 0 Å². The second-order valence-electron chi connectivity index (χ2n) is 18.7. The predicted octanol–water partition coefficient (Wildman–Crippen LogP) is 11.1. The van der Waals surface area contributed by atoms with Gasteiger partial charge in [-0.05, 0) is 88.6 Å². The van der Waals surface area contributed by atoms with Crippen LogP contribution in [-0.4, -0.2) is 72.9 Å². The topological polar surface area (TPSA) is 72.6 Å². The molecule has 0 N–H and O–H groups in total. The highest BCUT2D eigenvalue weighted by Crippen LogP contribution is 2.44. The lowest BCUT2D eigenvalue weighted by Gasteiger charge is -2.38. The number of pyridine rings is 2. The Morgan fingerprint density at radius 3 is 1.66 bits per heavy atom. The number of ether oxygens (including phenoxy) is 4. The number of fused-ring (bicyclic) bond motifs is 2. The Kier molecular flexibility index (Phi) is 10.9. The summed E-state index contributed by atoms with van der Waals surface area (Å²) in [4.78, 5) is 9.80. The molecule has 4 aliphatic rings. The van der Waals surface area contributed by atoms with Crippen molar-refractivity contribution in [2.75, 3.05) is 26.4 Å².